The second-order valence-corrected chi connectivity index (χ2v) is 11.0. The topological polar surface area (TPSA) is 94.2 Å². The first-order valence-corrected chi connectivity index (χ1v) is 15.4. The minimum Gasteiger partial charge on any atom is -0.462 e. The summed E-state index contributed by atoms with van der Waals surface area (Å²) in [6.45, 7) is 9.97. The lowest BCUT2D eigenvalue weighted by molar-refractivity contribution is -0.161. The normalized spacial score (nSPS) is 14.7. The highest BCUT2D eigenvalue weighted by molar-refractivity contribution is 5.70. The maximum atomic E-state index is 12.4. The first-order valence-electron chi connectivity index (χ1n) is 15.4. The van der Waals surface area contributed by atoms with Gasteiger partial charge < -0.3 is 19.5 Å². The third-order valence-electron chi connectivity index (χ3n) is 7.06. The van der Waals surface area contributed by atoms with E-state index in [0.717, 1.165) is 51.6 Å². The molecule has 38 heavy (non-hydrogen) atoms. The molecule has 0 aromatic carbocycles. The van der Waals surface area contributed by atoms with Crippen molar-refractivity contribution in [3.63, 3.8) is 0 Å². The van der Waals surface area contributed by atoms with Crippen LogP contribution in [0.5, 0.6) is 0 Å². The number of ether oxygens (including phenoxy) is 3. The van der Waals surface area contributed by atoms with Crippen LogP contribution < -0.4 is 5.32 Å². The molecule has 1 atom stereocenters. The number of hydrogen-bond donors (Lipinski definition) is 1. The van der Waals surface area contributed by atoms with Gasteiger partial charge in [-0.15, -0.1) is 0 Å². The average molecular weight is 541 g/mol. The van der Waals surface area contributed by atoms with Gasteiger partial charge in [0, 0.05) is 32.0 Å². The summed E-state index contributed by atoms with van der Waals surface area (Å²) >= 11 is 0. The van der Waals surface area contributed by atoms with E-state index in [9.17, 15) is 14.4 Å². The van der Waals surface area contributed by atoms with Gasteiger partial charge in [-0.25, -0.2) is 4.79 Å². The quantitative estimate of drug-likeness (QED) is 0.0893. The van der Waals surface area contributed by atoms with Gasteiger partial charge in [-0.2, -0.15) is 0 Å². The number of alkyl carbamates (subject to hydrolysis) is 1. The van der Waals surface area contributed by atoms with Gasteiger partial charge in [0.1, 0.15) is 13.2 Å². The lowest BCUT2D eigenvalue weighted by atomic mass is 10.1. The van der Waals surface area contributed by atoms with E-state index in [0.29, 0.717) is 18.9 Å². The maximum Gasteiger partial charge on any atom is 0.407 e. The molecule has 222 valence electrons. The Kier molecular flexibility index (Phi) is 19.8. The molecule has 1 fully saturated rings. The van der Waals surface area contributed by atoms with E-state index < -0.39 is 12.2 Å². The highest BCUT2D eigenvalue weighted by Crippen LogP contribution is 2.13. The molecular formula is C30H56N2O6. The molecule has 1 amide bonds. The summed E-state index contributed by atoms with van der Waals surface area (Å²) in [4.78, 5) is 39.1. The Bertz CT molecular complexity index is 636. The van der Waals surface area contributed by atoms with Crippen LogP contribution in [0, 0.1) is 0 Å². The van der Waals surface area contributed by atoms with Crippen molar-refractivity contribution in [3.05, 3.63) is 0 Å². The van der Waals surface area contributed by atoms with Gasteiger partial charge in [0.05, 0.1) is 6.04 Å². The van der Waals surface area contributed by atoms with E-state index in [4.69, 9.17) is 14.2 Å². The lowest BCUT2D eigenvalue weighted by Crippen LogP contribution is -2.61. The number of carbonyl (C=O) groups excluding carboxylic acids is 3. The van der Waals surface area contributed by atoms with Crippen LogP contribution >= 0.6 is 0 Å². The van der Waals surface area contributed by atoms with Crippen LogP contribution in [-0.2, 0) is 23.8 Å². The number of amides is 1. The highest BCUT2D eigenvalue weighted by atomic mass is 16.6. The Hall–Kier alpha value is -1.83. The van der Waals surface area contributed by atoms with Crippen LogP contribution in [0.3, 0.4) is 0 Å². The van der Waals surface area contributed by atoms with Crippen LogP contribution in [0.2, 0.25) is 0 Å². The van der Waals surface area contributed by atoms with Gasteiger partial charge in [0.25, 0.3) is 0 Å². The molecule has 0 aromatic rings. The van der Waals surface area contributed by atoms with Crippen LogP contribution in [0.1, 0.15) is 130 Å². The number of nitrogens with one attached hydrogen (secondary N) is 1. The van der Waals surface area contributed by atoms with E-state index in [1.54, 1.807) is 0 Å². The molecule has 1 unspecified atom stereocenters. The molecule has 1 heterocycles. The van der Waals surface area contributed by atoms with E-state index in [1.807, 2.05) is 0 Å². The SMILES string of the molecule is CCCCCCCCCC(=O)OCC(COC(=O)NC1CN(C(C)C)C1)OC(=O)CCCCCCCCC. The summed E-state index contributed by atoms with van der Waals surface area (Å²) in [5.74, 6) is -0.651. The molecule has 0 saturated carbocycles. The van der Waals surface area contributed by atoms with Crippen LogP contribution in [-0.4, -0.2) is 67.4 Å². The summed E-state index contributed by atoms with van der Waals surface area (Å²) in [5.41, 5.74) is 0. The summed E-state index contributed by atoms with van der Waals surface area (Å²) in [6, 6.07) is 0.503. The van der Waals surface area contributed by atoms with Crippen molar-refractivity contribution in [2.45, 2.75) is 149 Å². The smallest absolute Gasteiger partial charge is 0.407 e. The Balaban J connectivity index is 2.36. The van der Waals surface area contributed by atoms with E-state index >= 15 is 0 Å². The second kappa shape index (κ2) is 22.0. The predicted octanol–water partition coefficient (Wildman–Crippen LogP) is 6.54. The summed E-state index contributed by atoms with van der Waals surface area (Å²) in [5, 5.41) is 2.84. The molecule has 1 aliphatic rings. The Labute approximate surface area is 231 Å². The molecule has 1 saturated heterocycles. The Morgan fingerprint density at radius 2 is 1.18 bits per heavy atom. The zero-order valence-corrected chi connectivity index (χ0v) is 24.8. The van der Waals surface area contributed by atoms with Gasteiger partial charge >= 0.3 is 18.0 Å². The third kappa shape index (κ3) is 17.6. The van der Waals surface area contributed by atoms with Crippen molar-refractivity contribution >= 4 is 18.0 Å². The Morgan fingerprint density at radius 1 is 0.711 bits per heavy atom. The molecule has 8 nitrogen and oxygen atoms in total. The van der Waals surface area contributed by atoms with Crippen LogP contribution in [0.4, 0.5) is 4.79 Å². The lowest BCUT2D eigenvalue weighted by Gasteiger charge is -2.41. The molecule has 8 heteroatoms. The predicted molar refractivity (Wildman–Crippen MR) is 151 cm³/mol. The monoisotopic (exact) mass is 540 g/mol. The molecule has 0 radical (unpaired) electrons. The summed E-state index contributed by atoms with van der Waals surface area (Å²) in [6.07, 6.45) is 15.0. The van der Waals surface area contributed by atoms with Crippen molar-refractivity contribution in [2.24, 2.45) is 0 Å². The Morgan fingerprint density at radius 3 is 1.71 bits per heavy atom. The number of rotatable bonds is 23. The van der Waals surface area contributed by atoms with Gasteiger partial charge in [0.15, 0.2) is 6.10 Å². The standard InChI is InChI=1S/C30H56N2O6/c1-5-7-9-11-13-15-17-19-28(33)36-23-27(38-29(34)20-18-16-14-12-10-8-6-2)24-37-30(35)31-26-21-32(22-26)25(3)4/h25-27H,5-24H2,1-4H3,(H,31,35). The largest absolute Gasteiger partial charge is 0.462 e. The first kappa shape index (κ1) is 34.2. The van der Waals surface area contributed by atoms with Gasteiger partial charge in [0.2, 0.25) is 0 Å². The van der Waals surface area contributed by atoms with E-state index in [-0.39, 0.29) is 31.2 Å². The number of nitrogens with zero attached hydrogens (tertiary/aromatic N) is 1. The van der Waals surface area contributed by atoms with Crippen molar-refractivity contribution in [1.29, 1.82) is 0 Å². The number of hydrogen-bond acceptors (Lipinski definition) is 7. The van der Waals surface area contributed by atoms with Crippen molar-refractivity contribution in [2.75, 3.05) is 26.3 Å². The molecular weight excluding hydrogens is 484 g/mol. The minimum atomic E-state index is -0.802. The zero-order chi connectivity index (χ0) is 28.0. The van der Waals surface area contributed by atoms with Gasteiger partial charge in [-0.05, 0) is 26.7 Å². The maximum absolute atomic E-state index is 12.4. The molecule has 0 bridgehead atoms. The minimum absolute atomic E-state index is 0.0584. The van der Waals surface area contributed by atoms with Crippen LogP contribution in [0.15, 0.2) is 0 Å². The third-order valence-corrected chi connectivity index (χ3v) is 7.06. The van der Waals surface area contributed by atoms with Crippen molar-refractivity contribution in [1.82, 2.24) is 10.2 Å². The fourth-order valence-electron chi connectivity index (χ4n) is 4.47. The molecule has 1 rings (SSSR count). The molecule has 0 spiro atoms. The molecule has 1 N–H and O–H groups in total. The molecule has 1 aliphatic heterocycles. The second-order valence-electron chi connectivity index (χ2n) is 11.0. The molecule has 0 aliphatic carbocycles. The average Bonchev–Trinajstić information content (AvgIpc) is 2.86. The van der Waals surface area contributed by atoms with Gasteiger partial charge in [-0.3, -0.25) is 14.5 Å². The zero-order valence-electron chi connectivity index (χ0n) is 24.8. The van der Waals surface area contributed by atoms with E-state index in [1.165, 1.54) is 51.4 Å². The fourth-order valence-corrected chi connectivity index (χ4v) is 4.47. The first-order chi connectivity index (χ1) is 18.3. The number of esters is 2. The number of likely N-dealkylation sites (tertiary alicyclic amines) is 1. The van der Waals surface area contributed by atoms with Crippen molar-refractivity contribution < 1.29 is 28.6 Å². The highest BCUT2D eigenvalue weighted by Gasteiger charge is 2.30. The van der Waals surface area contributed by atoms with Crippen molar-refractivity contribution in [3.8, 4) is 0 Å². The summed E-state index contributed by atoms with van der Waals surface area (Å²) < 4.78 is 16.3. The van der Waals surface area contributed by atoms with Gasteiger partial charge in [-0.1, -0.05) is 90.9 Å². The van der Waals surface area contributed by atoms with E-state index in [2.05, 4.69) is 37.9 Å². The number of unbranched alkanes of at least 4 members (excludes halogenated alkanes) is 12. The summed E-state index contributed by atoms with van der Waals surface area (Å²) in [7, 11) is 0. The van der Waals surface area contributed by atoms with Crippen LogP contribution in [0.25, 0.3) is 0 Å². The molecule has 0 aromatic heterocycles. The fraction of sp³-hybridized carbons (Fsp3) is 0.900. The number of carbonyl (C=O) groups is 3.